The SMILES string of the molecule is CCCN(C1CC2(C1)CN(c1nc(C)nn3c(Cl)cc(C)c13)C2)S(N)(=O)=O.CCCN(C1CC2(CNC2)C1)S(N)(=O)=O.CCOC(=O)c1c(C)cc(Cl)n1N.CCOC(=O)c1c(C)cc(Cl)n1N=C(C)N.Cc1nc(Cl)c2c(C)cc(Cl)n2n1.Cc1nn2c(Cl)cc(C)c2c(=O)[nH]1. The number of hydrogen-bond donors (Lipinski definition) is 6. The van der Waals surface area contributed by atoms with Crippen molar-refractivity contribution in [3.63, 3.8) is 0 Å². The van der Waals surface area contributed by atoms with E-state index in [9.17, 15) is 31.2 Å². The van der Waals surface area contributed by atoms with E-state index in [2.05, 4.69) is 45.6 Å². The number of aryl methyl sites for hydroxylation is 8. The minimum atomic E-state index is -3.64. The van der Waals surface area contributed by atoms with Crippen LogP contribution in [0.25, 0.3) is 16.6 Å². The molecule has 2 aliphatic carbocycles. The van der Waals surface area contributed by atoms with E-state index in [4.69, 9.17) is 101 Å². The highest BCUT2D eigenvalue weighted by molar-refractivity contribution is 7.87. The summed E-state index contributed by atoms with van der Waals surface area (Å²) in [6.07, 6.45) is 5.21. The van der Waals surface area contributed by atoms with Crippen molar-refractivity contribution in [1.82, 2.24) is 67.1 Å². The van der Waals surface area contributed by atoms with Crippen LogP contribution in [-0.4, -0.2) is 161 Å². The molecule has 0 atom stereocenters. The molecule has 97 heavy (non-hydrogen) atoms. The number of carbonyl (C=O) groups excluding carboxylic acids is 2. The van der Waals surface area contributed by atoms with Gasteiger partial charge in [0.1, 0.15) is 65.6 Å². The monoisotopic (exact) mass is 1500 g/mol. The Morgan fingerprint density at radius 2 is 1.04 bits per heavy atom. The molecule has 4 aliphatic rings. The molecule has 2 saturated carbocycles. The number of fused-ring (bicyclic) bond motifs is 3. The van der Waals surface area contributed by atoms with Gasteiger partial charge in [0, 0.05) is 56.8 Å². The summed E-state index contributed by atoms with van der Waals surface area (Å²) in [6, 6.07) is 8.85. The van der Waals surface area contributed by atoms with Crippen LogP contribution in [0.2, 0.25) is 30.9 Å². The molecule has 2 spiro atoms. The lowest BCUT2D eigenvalue weighted by Crippen LogP contribution is -2.67. The standard InChI is InChI=1S/C17H25ClN6O2S.C10H14ClN3O2.C9H19N3O2S.C8H7Cl2N3.C8H8ClN3O.C8H11ClN2O2/c1-4-5-23(27(19,25)26)13-7-17(8-13)9-22(10-17)16-15-11(2)6-14(18)24(15)21-12(3)20-16;1-4-16-10(15)9-6(2)5-8(11)14(9)13-7(3)12;1-2-3-12(15(10,13)14)8-4-9(5-8)6-11-7-9;1-4-3-6(9)13-7(4)8(10)11-5(2)12-13;1-4-3-6(9)12-7(4)8(13)10-5(2)11-12;1-3-13-8(12)7-5(2)4-6(9)11(7)10/h6,13H,4-5,7-10H2,1-3H3,(H2,19,25,26);5H,4H2,1-3H3,(H2,12,13);8,11H,2-7H2,1H3,(H2,10,13,14);3H,1-2H3;3H,1-2H3,(H,10,11,13);4H,3,10H2,1-2H3. The van der Waals surface area contributed by atoms with Gasteiger partial charge in [-0.05, 0) is 178 Å². The number of nitrogens with two attached hydrogens (primary N) is 4. The van der Waals surface area contributed by atoms with Gasteiger partial charge >= 0.3 is 11.9 Å². The van der Waals surface area contributed by atoms with E-state index in [1.54, 1.807) is 75.7 Å². The van der Waals surface area contributed by atoms with Crippen LogP contribution in [0.15, 0.2) is 40.2 Å². The number of carbonyl (C=O) groups is 2. The summed E-state index contributed by atoms with van der Waals surface area (Å²) in [7, 11) is -7.15. The van der Waals surface area contributed by atoms with Gasteiger partial charge in [0.05, 0.1) is 13.2 Å². The van der Waals surface area contributed by atoms with Crippen LogP contribution in [0.1, 0.15) is 139 Å². The molecule has 8 aromatic rings. The molecule has 8 aromatic heterocycles. The zero-order valence-electron chi connectivity index (χ0n) is 56.3. The normalized spacial score (nSPS) is 16.2. The second kappa shape index (κ2) is 31.9. The molecule has 12 rings (SSSR count). The first-order chi connectivity index (χ1) is 45.3. The number of amidine groups is 1. The van der Waals surface area contributed by atoms with Crippen LogP contribution in [0.5, 0.6) is 0 Å². The number of aromatic nitrogens is 11. The van der Waals surface area contributed by atoms with E-state index in [0.29, 0.717) is 114 Å². The van der Waals surface area contributed by atoms with E-state index in [1.807, 2.05) is 53.7 Å². The largest absolute Gasteiger partial charge is 0.461 e. The number of rotatable bonds is 14. The Kier molecular flexibility index (Phi) is 25.7. The van der Waals surface area contributed by atoms with Gasteiger partial charge in [-0.1, -0.05) is 83.5 Å². The van der Waals surface area contributed by atoms with Crippen LogP contribution in [0.3, 0.4) is 0 Å². The second-order valence-corrected chi connectivity index (χ2v) is 29.8. The summed E-state index contributed by atoms with van der Waals surface area (Å²) in [5.41, 5.74) is 13.0. The second-order valence-electron chi connectivity index (χ2n) is 24.5. The quantitative estimate of drug-likeness (QED) is 0.0257. The van der Waals surface area contributed by atoms with Gasteiger partial charge in [0.15, 0.2) is 22.4 Å². The van der Waals surface area contributed by atoms with E-state index < -0.39 is 32.4 Å². The zero-order chi connectivity index (χ0) is 72.1. The van der Waals surface area contributed by atoms with Crippen LogP contribution in [-0.2, 0) is 29.9 Å². The number of nitrogens with zero attached hydrogens (tertiary/aromatic N) is 14. The van der Waals surface area contributed by atoms with Crippen molar-refractivity contribution < 1.29 is 35.9 Å². The number of H-pyrrole nitrogens is 1. The first-order valence-corrected chi connectivity index (χ1v) is 36.3. The predicted octanol–water partition coefficient (Wildman–Crippen LogP) is 8.59. The predicted molar refractivity (Wildman–Crippen MR) is 380 cm³/mol. The van der Waals surface area contributed by atoms with Gasteiger partial charge in [0.2, 0.25) is 0 Å². The fraction of sp³-hybridized carbons (Fsp3) is 0.517. The zero-order valence-corrected chi connectivity index (χ0v) is 62.4. The molecular formula is C60H84Cl6N20O9S2. The van der Waals surface area contributed by atoms with E-state index in [0.717, 1.165) is 103 Å². The van der Waals surface area contributed by atoms with Crippen LogP contribution < -0.4 is 37.6 Å². The van der Waals surface area contributed by atoms with Gasteiger partial charge in [0.25, 0.3) is 26.0 Å². The van der Waals surface area contributed by atoms with Crippen molar-refractivity contribution in [2.24, 2.45) is 31.9 Å². The van der Waals surface area contributed by atoms with E-state index in [1.165, 1.54) is 17.8 Å². The van der Waals surface area contributed by atoms with Crippen LogP contribution in [0, 0.1) is 66.2 Å². The lowest BCUT2D eigenvalue weighted by molar-refractivity contribution is -0.00656. The number of nitrogen functional groups attached to an aromatic ring is 1. The summed E-state index contributed by atoms with van der Waals surface area (Å²) in [4.78, 5) is 48.0. The summed E-state index contributed by atoms with van der Waals surface area (Å²) >= 11 is 35.7. The molecule has 10 N–H and O–H groups in total. The topological polar surface area (TPSA) is 379 Å². The molecular weight excluding hydrogens is 1420 g/mol. The maximum atomic E-state index is 11.8. The van der Waals surface area contributed by atoms with Crippen molar-refractivity contribution in [2.75, 3.05) is 63.2 Å². The molecule has 0 amide bonds. The molecule has 0 radical (unpaired) electrons. The summed E-state index contributed by atoms with van der Waals surface area (Å²) in [5.74, 6) is 7.65. The number of nitrogens with one attached hydrogen (secondary N) is 2. The van der Waals surface area contributed by atoms with Crippen molar-refractivity contribution in [1.29, 1.82) is 0 Å². The van der Waals surface area contributed by atoms with Crippen molar-refractivity contribution >= 4 is 130 Å². The minimum Gasteiger partial charge on any atom is -0.461 e. The molecule has 29 nitrogen and oxygen atoms in total. The van der Waals surface area contributed by atoms with Gasteiger partial charge in [-0.2, -0.15) is 45.8 Å². The maximum Gasteiger partial charge on any atom is 0.357 e. The smallest absolute Gasteiger partial charge is 0.357 e. The Bertz CT molecular complexity index is 4520. The highest BCUT2D eigenvalue weighted by Crippen LogP contribution is 2.52. The van der Waals surface area contributed by atoms with Crippen LogP contribution in [0.4, 0.5) is 5.82 Å². The lowest BCUT2D eigenvalue weighted by atomic mass is 9.60. The average Bonchev–Trinajstić information content (AvgIpc) is 1.57. The number of aromatic amines is 1. The van der Waals surface area contributed by atoms with Gasteiger partial charge < -0.3 is 36.3 Å². The summed E-state index contributed by atoms with van der Waals surface area (Å²) in [5, 5.41) is 33.1. The first kappa shape index (κ1) is 78.0. The molecule has 37 heteroatoms. The Hall–Kier alpha value is -6.33. The first-order valence-electron chi connectivity index (χ1n) is 31.0. The van der Waals surface area contributed by atoms with Crippen molar-refractivity contribution in [3.8, 4) is 0 Å². The molecule has 2 saturated heterocycles. The maximum absolute atomic E-state index is 11.8. The number of anilines is 1. The third kappa shape index (κ3) is 18.0. The van der Waals surface area contributed by atoms with Crippen molar-refractivity contribution in [3.05, 3.63) is 128 Å². The Labute approximate surface area is 593 Å². The number of hydrogen-bond acceptors (Lipinski definition) is 18. The molecule has 0 aromatic carbocycles. The fourth-order valence-corrected chi connectivity index (χ4v) is 16.0. The Morgan fingerprint density at radius 1 is 0.619 bits per heavy atom. The van der Waals surface area contributed by atoms with Gasteiger partial charge in [-0.15, -0.1) is 0 Å². The highest BCUT2D eigenvalue weighted by Gasteiger charge is 2.56. The average molecular weight is 1510 g/mol. The van der Waals surface area contributed by atoms with Crippen molar-refractivity contribution in [2.45, 2.75) is 141 Å². The van der Waals surface area contributed by atoms with Gasteiger partial charge in [-0.3, -0.25) is 4.79 Å². The molecule has 2 aliphatic heterocycles. The molecule has 10 heterocycles. The summed E-state index contributed by atoms with van der Waals surface area (Å²) < 4.78 is 66.3. The van der Waals surface area contributed by atoms with Gasteiger partial charge in [-0.25, -0.2) is 52.7 Å². The molecule has 0 bridgehead atoms. The van der Waals surface area contributed by atoms with E-state index >= 15 is 0 Å². The minimum absolute atomic E-state index is 0.0127. The molecule has 532 valence electrons. The van der Waals surface area contributed by atoms with Crippen LogP contribution >= 0.6 is 69.6 Å². The molecule has 0 unspecified atom stereocenters. The third-order valence-corrected chi connectivity index (χ3v) is 20.3. The third-order valence-electron chi connectivity index (χ3n) is 16.4. The Balaban J connectivity index is 0.000000169. The fourth-order valence-electron chi connectivity index (χ4n) is 12.2. The lowest BCUT2D eigenvalue weighted by Gasteiger charge is -2.60. The summed E-state index contributed by atoms with van der Waals surface area (Å²) in [6.45, 7) is 29.1. The van der Waals surface area contributed by atoms with E-state index in [-0.39, 0.29) is 23.1 Å². The number of esters is 2. The number of ether oxygens (including phenoxy) is 2. The molecule has 4 fully saturated rings. The number of halogens is 6. The Morgan fingerprint density at radius 3 is 1.48 bits per heavy atom. The highest BCUT2D eigenvalue weighted by atomic mass is 35.5.